The molecule has 0 N–H and O–H groups in total. The third-order valence-electron chi connectivity index (χ3n) is 3.50. The van der Waals surface area contributed by atoms with Crippen molar-refractivity contribution in [2.24, 2.45) is 17.8 Å². The van der Waals surface area contributed by atoms with Crippen LogP contribution in [0.15, 0.2) is 0 Å². The second-order valence-electron chi connectivity index (χ2n) is 5.23. The van der Waals surface area contributed by atoms with Gasteiger partial charge in [-0.05, 0) is 42.4 Å². The summed E-state index contributed by atoms with van der Waals surface area (Å²) in [4.78, 5) is 11.6. The Kier molecular flexibility index (Phi) is 5.84. The molecule has 0 heterocycles. The maximum atomic E-state index is 11.6. The Balaban J connectivity index is 2.52. The molecule has 1 aliphatic rings. The van der Waals surface area contributed by atoms with Crippen LogP contribution < -0.4 is 0 Å². The summed E-state index contributed by atoms with van der Waals surface area (Å²) in [6.07, 6.45) is 3.38. The van der Waals surface area contributed by atoms with Gasteiger partial charge in [-0.2, -0.15) is 5.26 Å². The minimum Gasteiger partial charge on any atom is -0.461 e. The highest BCUT2D eigenvalue weighted by molar-refractivity contribution is 8.04. The van der Waals surface area contributed by atoms with Crippen molar-refractivity contribution in [3.63, 3.8) is 0 Å². The lowest BCUT2D eigenvalue weighted by atomic mass is 9.75. The minimum atomic E-state index is -0.249. The molecule has 0 bridgehead atoms. The van der Waals surface area contributed by atoms with Crippen LogP contribution in [0.1, 0.15) is 40.0 Å². The number of rotatable bonds is 4. The van der Waals surface area contributed by atoms with Gasteiger partial charge in [-0.15, -0.1) is 0 Å². The van der Waals surface area contributed by atoms with E-state index in [0.29, 0.717) is 17.8 Å². The SMILES string of the molecule is CC(C)[C@H]1CC[C@H](C)C[C@H]1OC(=O)CSC#N. The molecule has 17 heavy (non-hydrogen) atoms. The first-order valence-electron chi connectivity index (χ1n) is 6.25. The maximum Gasteiger partial charge on any atom is 0.317 e. The Morgan fingerprint density at radius 2 is 2.24 bits per heavy atom. The van der Waals surface area contributed by atoms with E-state index in [1.807, 2.05) is 5.40 Å². The molecule has 1 aliphatic carbocycles. The van der Waals surface area contributed by atoms with Crippen molar-refractivity contribution < 1.29 is 9.53 Å². The summed E-state index contributed by atoms with van der Waals surface area (Å²) in [6.45, 7) is 6.58. The van der Waals surface area contributed by atoms with Crippen LogP contribution in [0.25, 0.3) is 0 Å². The smallest absolute Gasteiger partial charge is 0.317 e. The molecule has 1 rings (SSSR count). The fourth-order valence-electron chi connectivity index (χ4n) is 2.54. The average Bonchev–Trinajstić information content (AvgIpc) is 2.26. The number of esters is 1. The van der Waals surface area contributed by atoms with E-state index in [2.05, 4.69) is 20.8 Å². The minimum absolute atomic E-state index is 0.0468. The number of nitriles is 1. The van der Waals surface area contributed by atoms with Gasteiger partial charge in [0.1, 0.15) is 17.3 Å². The fraction of sp³-hybridized carbons (Fsp3) is 0.846. The van der Waals surface area contributed by atoms with Crippen LogP contribution in [0.3, 0.4) is 0 Å². The Bertz CT molecular complexity index is 298. The van der Waals surface area contributed by atoms with Gasteiger partial charge in [0.25, 0.3) is 0 Å². The molecule has 0 spiro atoms. The maximum absolute atomic E-state index is 11.6. The van der Waals surface area contributed by atoms with E-state index in [-0.39, 0.29) is 17.8 Å². The zero-order valence-electron chi connectivity index (χ0n) is 10.8. The van der Waals surface area contributed by atoms with E-state index in [9.17, 15) is 4.79 Å². The van der Waals surface area contributed by atoms with Crippen LogP contribution >= 0.6 is 11.8 Å². The van der Waals surface area contributed by atoms with Crippen LogP contribution in [0.5, 0.6) is 0 Å². The topological polar surface area (TPSA) is 50.1 Å². The number of hydrogen-bond acceptors (Lipinski definition) is 4. The predicted octanol–water partition coefficient (Wildman–Crippen LogP) is 3.20. The van der Waals surface area contributed by atoms with Gasteiger partial charge < -0.3 is 4.74 Å². The molecular weight excluding hydrogens is 234 g/mol. The van der Waals surface area contributed by atoms with Crippen molar-refractivity contribution in [3.05, 3.63) is 0 Å². The molecule has 1 fully saturated rings. The normalized spacial score (nSPS) is 28.8. The molecular formula is C13H21NO2S. The zero-order chi connectivity index (χ0) is 12.8. The lowest BCUT2D eigenvalue weighted by Gasteiger charge is -2.36. The molecule has 0 amide bonds. The number of carbonyl (C=O) groups excluding carboxylic acids is 1. The Morgan fingerprint density at radius 3 is 2.82 bits per heavy atom. The number of thioether (sulfide) groups is 1. The van der Waals surface area contributed by atoms with Gasteiger partial charge in [0.15, 0.2) is 0 Å². The number of thiocyanates is 1. The summed E-state index contributed by atoms with van der Waals surface area (Å²) in [6, 6.07) is 0. The predicted molar refractivity (Wildman–Crippen MR) is 69.3 cm³/mol. The number of nitrogens with zero attached hydrogens (tertiary/aromatic N) is 1. The second kappa shape index (κ2) is 6.90. The lowest BCUT2D eigenvalue weighted by molar-refractivity contribution is -0.152. The van der Waals surface area contributed by atoms with E-state index in [1.165, 1.54) is 6.42 Å². The Morgan fingerprint density at radius 1 is 1.53 bits per heavy atom. The van der Waals surface area contributed by atoms with Gasteiger partial charge in [-0.3, -0.25) is 4.79 Å². The molecule has 0 aliphatic heterocycles. The Hall–Kier alpha value is -0.690. The number of ether oxygens (including phenoxy) is 1. The molecule has 3 nitrogen and oxygen atoms in total. The first-order valence-corrected chi connectivity index (χ1v) is 7.23. The quantitative estimate of drug-likeness (QED) is 0.572. The van der Waals surface area contributed by atoms with Gasteiger partial charge in [0.05, 0.1) is 0 Å². The van der Waals surface area contributed by atoms with Crippen molar-refractivity contribution in [1.29, 1.82) is 5.26 Å². The third-order valence-corrected chi connectivity index (χ3v) is 4.01. The standard InChI is InChI=1S/C13H21NO2S/c1-9(2)11-5-4-10(3)6-12(11)16-13(15)7-17-8-14/h9-12H,4-7H2,1-3H3/t10-,11+,12+/m0/s1. The first kappa shape index (κ1) is 14.4. The number of hydrogen-bond donors (Lipinski definition) is 0. The van der Waals surface area contributed by atoms with Gasteiger partial charge in [0.2, 0.25) is 0 Å². The summed E-state index contributed by atoms with van der Waals surface area (Å²) in [5, 5.41) is 10.3. The average molecular weight is 255 g/mol. The zero-order valence-corrected chi connectivity index (χ0v) is 11.6. The van der Waals surface area contributed by atoms with E-state index in [4.69, 9.17) is 10.00 Å². The third kappa shape index (κ3) is 4.59. The summed E-state index contributed by atoms with van der Waals surface area (Å²) < 4.78 is 5.53. The van der Waals surface area contributed by atoms with Gasteiger partial charge in [-0.25, -0.2) is 0 Å². The van der Waals surface area contributed by atoms with Crippen molar-refractivity contribution in [2.75, 3.05) is 5.75 Å². The van der Waals surface area contributed by atoms with Crippen molar-refractivity contribution in [2.45, 2.75) is 46.1 Å². The van der Waals surface area contributed by atoms with Gasteiger partial charge >= 0.3 is 5.97 Å². The molecule has 96 valence electrons. The highest BCUT2D eigenvalue weighted by Crippen LogP contribution is 2.35. The molecule has 4 heteroatoms. The summed E-state index contributed by atoms with van der Waals surface area (Å²) >= 11 is 0.946. The molecule has 0 saturated heterocycles. The Labute approximate surface area is 108 Å². The molecule has 0 radical (unpaired) electrons. The summed E-state index contributed by atoms with van der Waals surface area (Å²) in [7, 11) is 0. The van der Waals surface area contributed by atoms with E-state index >= 15 is 0 Å². The monoisotopic (exact) mass is 255 g/mol. The largest absolute Gasteiger partial charge is 0.461 e. The molecule has 0 aromatic heterocycles. The molecule has 0 aromatic rings. The summed E-state index contributed by atoms with van der Waals surface area (Å²) in [5.41, 5.74) is 0. The molecule has 1 saturated carbocycles. The van der Waals surface area contributed by atoms with Crippen LogP contribution in [-0.2, 0) is 9.53 Å². The summed E-state index contributed by atoms with van der Waals surface area (Å²) in [5.74, 6) is 1.55. The highest BCUT2D eigenvalue weighted by Gasteiger charge is 2.33. The van der Waals surface area contributed by atoms with E-state index in [0.717, 1.165) is 24.6 Å². The first-order chi connectivity index (χ1) is 8.04. The van der Waals surface area contributed by atoms with Crippen LogP contribution in [0, 0.1) is 28.4 Å². The van der Waals surface area contributed by atoms with Crippen LogP contribution in [-0.4, -0.2) is 17.8 Å². The van der Waals surface area contributed by atoms with Crippen molar-refractivity contribution in [1.82, 2.24) is 0 Å². The van der Waals surface area contributed by atoms with Crippen molar-refractivity contribution in [3.8, 4) is 5.40 Å². The van der Waals surface area contributed by atoms with Gasteiger partial charge in [-0.1, -0.05) is 27.2 Å². The van der Waals surface area contributed by atoms with Gasteiger partial charge in [0, 0.05) is 0 Å². The fourth-order valence-corrected chi connectivity index (χ4v) is 2.79. The lowest BCUT2D eigenvalue weighted by Crippen LogP contribution is -2.36. The number of carbonyl (C=O) groups is 1. The molecule has 0 aromatic carbocycles. The second-order valence-corrected chi connectivity index (χ2v) is 5.99. The molecule has 3 atom stereocenters. The van der Waals surface area contributed by atoms with Crippen molar-refractivity contribution >= 4 is 17.7 Å². The molecule has 0 unspecified atom stereocenters. The highest BCUT2D eigenvalue weighted by atomic mass is 32.2. The van der Waals surface area contributed by atoms with E-state index < -0.39 is 0 Å². The van der Waals surface area contributed by atoms with E-state index in [1.54, 1.807) is 0 Å². The van der Waals surface area contributed by atoms with Crippen LogP contribution in [0.2, 0.25) is 0 Å². The van der Waals surface area contributed by atoms with Crippen LogP contribution in [0.4, 0.5) is 0 Å².